The second kappa shape index (κ2) is 8.89. The van der Waals surface area contributed by atoms with Gasteiger partial charge in [0.2, 0.25) is 0 Å². The Morgan fingerprint density at radius 1 is 1.16 bits per heavy atom. The molecule has 2 rings (SSSR count). The summed E-state index contributed by atoms with van der Waals surface area (Å²) in [5.41, 5.74) is 1.36. The lowest BCUT2D eigenvalue weighted by molar-refractivity contribution is -0.148. The van der Waals surface area contributed by atoms with Gasteiger partial charge in [-0.2, -0.15) is 0 Å². The minimum atomic E-state index is -0.932. The van der Waals surface area contributed by atoms with Crippen molar-refractivity contribution in [1.82, 2.24) is 0 Å². The molecule has 2 aromatic carbocycles. The number of carbonyl (C=O) groups is 2. The Balaban J connectivity index is 1.89. The second-order valence-corrected chi connectivity index (χ2v) is 5.62. The van der Waals surface area contributed by atoms with Gasteiger partial charge in [-0.1, -0.05) is 23.7 Å². The van der Waals surface area contributed by atoms with Crippen LogP contribution in [0.1, 0.15) is 12.5 Å². The van der Waals surface area contributed by atoms with E-state index in [0.717, 1.165) is 5.56 Å². The zero-order valence-electron chi connectivity index (χ0n) is 13.9. The Morgan fingerprint density at radius 3 is 2.56 bits per heavy atom. The monoisotopic (exact) mass is 359 g/mol. The van der Waals surface area contributed by atoms with Crippen LogP contribution in [0.15, 0.2) is 54.6 Å². The Labute approximate surface area is 151 Å². The first-order chi connectivity index (χ1) is 12.0. The van der Waals surface area contributed by atoms with Gasteiger partial charge in [-0.15, -0.1) is 0 Å². The number of amides is 1. The molecule has 1 atom stereocenters. The SMILES string of the molecule is COc1cccc(/C=C/C(=O)O[C@H](C)C(=O)Nc2ccc(Cl)cc2)c1. The number of esters is 1. The van der Waals surface area contributed by atoms with Crippen LogP contribution in [0.3, 0.4) is 0 Å². The van der Waals surface area contributed by atoms with Gasteiger partial charge in [0.25, 0.3) is 5.91 Å². The Kier molecular flexibility index (Phi) is 6.60. The topological polar surface area (TPSA) is 64.6 Å². The standard InChI is InChI=1S/C19H18ClNO4/c1-13(19(23)21-16-9-7-15(20)8-10-16)25-18(22)11-6-14-4-3-5-17(12-14)24-2/h3-13H,1-2H3,(H,21,23)/b11-6+/t13-/m1/s1. The first-order valence-corrected chi connectivity index (χ1v) is 7.95. The Hall–Kier alpha value is -2.79. The van der Waals surface area contributed by atoms with Gasteiger partial charge in [-0.3, -0.25) is 4.79 Å². The maximum atomic E-state index is 12.0. The first kappa shape index (κ1) is 18.5. The van der Waals surface area contributed by atoms with E-state index in [1.54, 1.807) is 49.6 Å². The van der Waals surface area contributed by atoms with Gasteiger partial charge in [0.05, 0.1) is 7.11 Å². The molecule has 0 spiro atoms. The highest BCUT2D eigenvalue weighted by Crippen LogP contribution is 2.15. The summed E-state index contributed by atoms with van der Waals surface area (Å²) in [7, 11) is 1.57. The van der Waals surface area contributed by atoms with Crippen LogP contribution in [-0.4, -0.2) is 25.1 Å². The van der Waals surface area contributed by atoms with Crippen LogP contribution in [0.25, 0.3) is 6.08 Å². The van der Waals surface area contributed by atoms with Gasteiger partial charge in [0, 0.05) is 16.8 Å². The first-order valence-electron chi connectivity index (χ1n) is 7.57. The quantitative estimate of drug-likeness (QED) is 0.627. The van der Waals surface area contributed by atoms with Gasteiger partial charge in [0.15, 0.2) is 6.10 Å². The highest BCUT2D eigenvalue weighted by molar-refractivity contribution is 6.30. The molecule has 0 bridgehead atoms. The number of anilines is 1. The van der Waals surface area contributed by atoms with Crippen LogP contribution >= 0.6 is 11.6 Å². The van der Waals surface area contributed by atoms with Crippen LogP contribution in [0, 0.1) is 0 Å². The van der Waals surface area contributed by atoms with Crippen molar-refractivity contribution in [3.05, 3.63) is 65.2 Å². The molecule has 0 aliphatic rings. The summed E-state index contributed by atoms with van der Waals surface area (Å²) >= 11 is 5.79. The lowest BCUT2D eigenvalue weighted by atomic mass is 10.2. The average molecular weight is 360 g/mol. The number of nitrogens with one attached hydrogen (secondary N) is 1. The zero-order chi connectivity index (χ0) is 18.2. The number of hydrogen-bond donors (Lipinski definition) is 1. The summed E-state index contributed by atoms with van der Waals surface area (Å²) in [5, 5.41) is 3.22. The van der Waals surface area contributed by atoms with E-state index in [0.29, 0.717) is 16.5 Å². The highest BCUT2D eigenvalue weighted by atomic mass is 35.5. The summed E-state index contributed by atoms with van der Waals surface area (Å²) in [6.45, 7) is 1.50. The van der Waals surface area contributed by atoms with Crippen molar-refractivity contribution in [2.24, 2.45) is 0 Å². The van der Waals surface area contributed by atoms with Crippen LogP contribution in [-0.2, 0) is 14.3 Å². The predicted molar refractivity (Wildman–Crippen MR) is 97.7 cm³/mol. The minimum absolute atomic E-state index is 0.426. The Morgan fingerprint density at radius 2 is 1.88 bits per heavy atom. The summed E-state index contributed by atoms with van der Waals surface area (Å²) in [4.78, 5) is 23.9. The average Bonchev–Trinajstić information content (AvgIpc) is 2.62. The van der Waals surface area contributed by atoms with Gasteiger partial charge in [-0.25, -0.2) is 4.79 Å². The molecule has 0 aliphatic carbocycles. The molecule has 1 amide bonds. The van der Waals surface area contributed by atoms with Gasteiger partial charge in [0.1, 0.15) is 5.75 Å². The van der Waals surface area contributed by atoms with E-state index in [-0.39, 0.29) is 0 Å². The van der Waals surface area contributed by atoms with Crippen LogP contribution < -0.4 is 10.1 Å². The third kappa shape index (κ3) is 5.97. The maximum Gasteiger partial charge on any atom is 0.331 e. The van der Waals surface area contributed by atoms with Crippen molar-refractivity contribution in [3.8, 4) is 5.75 Å². The molecule has 25 heavy (non-hydrogen) atoms. The highest BCUT2D eigenvalue weighted by Gasteiger charge is 2.16. The fraction of sp³-hybridized carbons (Fsp3) is 0.158. The van der Waals surface area contributed by atoms with Gasteiger partial charge < -0.3 is 14.8 Å². The summed E-state index contributed by atoms with van der Waals surface area (Å²) in [6, 6.07) is 13.9. The number of ether oxygens (including phenoxy) is 2. The molecule has 0 aliphatic heterocycles. The molecule has 0 saturated heterocycles. The number of methoxy groups -OCH3 is 1. The van der Waals surface area contributed by atoms with Crippen molar-refractivity contribution in [2.75, 3.05) is 12.4 Å². The lowest BCUT2D eigenvalue weighted by Gasteiger charge is -2.12. The van der Waals surface area contributed by atoms with Gasteiger partial charge >= 0.3 is 5.97 Å². The van der Waals surface area contributed by atoms with E-state index < -0.39 is 18.0 Å². The summed E-state index contributed by atoms with van der Waals surface area (Å²) < 4.78 is 10.2. The van der Waals surface area contributed by atoms with Gasteiger partial charge in [-0.05, 0) is 55.0 Å². The lowest BCUT2D eigenvalue weighted by Crippen LogP contribution is -2.29. The van der Waals surface area contributed by atoms with Crippen molar-refractivity contribution in [2.45, 2.75) is 13.0 Å². The number of benzene rings is 2. The molecule has 2 aromatic rings. The molecule has 0 unspecified atom stereocenters. The summed E-state index contributed by atoms with van der Waals surface area (Å²) in [6.07, 6.45) is 1.92. The normalized spacial score (nSPS) is 11.8. The summed E-state index contributed by atoms with van der Waals surface area (Å²) in [5.74, 6) is -0.349. The molecule has 1 N–H and O–H groups in total. The zero-order valence-corrected chi connectivity index (χ0v) is 14.6. The minimum Gasteiger partial charge on any atom is -0.497 e. The smallest absolute Gasteiger partial charge is 0.331 e. The van der Waals surface area contributed by atoms with E-state index in [9.17, 15) is 9.59 Å². The molecule has 0 radical (unpaired) electrons. The van der Waals surface area contributed by atoms with E-state index in [1.807, 2.05) is 12.1 Å². The van der Waals surface area contributed by atoms with Crippen LogP contribution in [0.5, 0.6) is 5.75 Å². The van der Waals surface area contributed by atoms with Crippen molar-refractivity contribution >= 4 is 35.2 Å². The third-order valence-corrected chi connectivity index (χ3v) is 3.53. The van der Waals surface area contributed by atoms with E-state index in [1.165, 1.54) is 13.0 Å². The maximum absolute atomic E-state index is 12.0. The molecular weight excluding hydrogens is 342 g/mol. The molecule has 5 nitrogen and oxygen atoms in total. The molecule has 0 aromatic heterocycles. The number of hydrogen-bond acceptors (Lipinski definition) is 4. The third-order valence-electron chi connectivity index (χ3n) is 3.28. The predicted octanol–water partition coefficient (Wildman–Crippen LogP) is 3.93. The van der Waals surface area contributed by atoms with Crippen molar-refractivity contribution in [3.63, 3.8) is 0 Å². The Bertz CT molecular complexity index is 771. The fourth-order valence-electron chi connectivity index (χ4n) is 1.95. The molecular formula is C19H18ClNO4. The molecule has 0 saturated carbocycles. The van der Waals surface area contributed by atoms with Crippen molar-refractivity contribution < 1.29 is 19.1 Å². The number of halogens is 1. The number of rotatable bonds is 6. The number of carbonyl (C=O) groups excluding carboxylic acids is 2. The molecule has 130 valence electrons. The van der Waals surface area contributed by atoms with Crippen molar-refractivity contribution in [1.29, 1.82) is 0 Å². The molecule has 6 heteroatoms. The molecule has 0 heterocycles. The van der Waals surface area contributed by atoms with Crippen LogP contribution in [0.4, 0.5) is 5.69 Å². The van der Waals surface area contributed by atoms with E-state index in [2.05, 4.69) is 5.32 Å². The fourth-order valence-corrected chi connectivity index (χ4v) is 2.08. The van der Waals surface area contributed by atoms with Crippen LogP contribution in [0.2, 0.25) is 5.02 Å². The second-order valence-electron chi connectivity index (χ2n) is 5.19. The van der Waals surface area contributed by atoms with E-state index >= 15 is 0 Å². The largest absolute Gasteiger partial charge is 0.497 e. The van der Waals surface area contributed by atoms with E-state index in [4.69, 9.17) is 21.1 Å². The molecule has 0 fully saturated rings.